The minimum absolute atomic E-state index is 0.00789. The van der Waals surface area contributed by atoms with Crippen molar-refractivity contribution in [3.63, 3.8) is 0 Å². The zero-order valence-electron chi connectivity index (χ0n) is 13.1. The second kappa shape index (κ2) is 7.30. The van der Waals surface area contributed by atoms with Crippen molar-refractivity contribution in [3.05, 3.63) is 72.9 Å². The molecule has 1 aliphatic heterocycles. The molecule has 0 unspecified atom stereocenters. The number of rotatable bonds is 5. The number of halogens is 3. The number of hydrogen-bond acceptors (Lipinski definition) is 3. The van der Waals surface area contributed by atoms with Gasteiger partial charge in [-0.3, -0.25) is 0 Å². The van der Waals surface area contributed by atoms with E-state index in [0.29, 0.717) is 5.75 Å². The Morgan fingerprint density at radius 1 is 1.00 bits per heavy atom. The molecule has 1 heterocycles. The molecule has 130 valence electrons. The molecule has 1 aliphatic rings. The molecule has 2 aromatic rings. The van der Waals surface area contributed by atoms with E-state index in [1.54, 1.807) is 31.4 Å². The summed E-state index contributed by atoms with van der Waals surface area (Å²) in [4.78, 5) is 24.2. The first-order valence-electron chi connectivity index (χ1n) is 7.29. The molecule has 25 heavy (non-hydrogen) atoms. The molecule has 3 rings (SSSR count). The van der Waals surface area contributed by atoms with Gasteiger partial charge in [0.15, 0.2) is 0 Å². The van der Waals surface area contributed by atoms with Crippen LogP contribution in [0.2, 0.25) is 0 Å². The van der Waals surface area contributed by atoms with Crippen LogP contribution in [0.1, 0.15) is 5.56 Å². The normalized spacial score (nSPS) is 13.8. The predicted molar refractivity (Wildman–Crippen MR) is 81.4 cm³/mol. The van der Waals surface area contributed by atoms with Gasteiger partial charge in [-0.2, -0.15) is 0 Å². The number of imide groups is 1. The topological polar surface area (TPSA) is 46.6 Å². The molecule has 0 radical (unpaired) electrons. The van der Waals surface area contributed by atoms with Crippen molar-refractivity contribution in [1.82, 2.24) is 4.90 Å². The second-order valence-corrected chi connectivity index (χ2v) is 8.05. The summed E-state index contributed by atoms with van der Waals surface area (Å²) in [5, 5.41) is 0. The number of nitrogens with zero attached hydrogens (tertiary/aromatic N) is 1. The number of hydrogen-bond donors (Lipinski definition) is 0. The van der Waals surface area contributed by atoms with Gasteiger partial charge in [0.05, 0.1) is 0 Å². The van der Waals surface area contributed by atoms with Gasteiger partial charge in [-0.05, 0) is 0 Å². The van der Waals surface area contributed by atoms with Crippen molar-refractivity contribution < 1.29 is 44.3 Å². The maximum absolute atomic E-state index is 14.8. The summed E-state index contributed by atoms with van der Waals surface area (Å²) in [5.74, 6) is -1.65. The molecule has 0 saturated carbocycles. The molecular weight excluding hydrogens is 443 g/mol. The molecule has 0 spiro atoms. The predicted octanol–water partition coefficient (Wildman–Crippen LogP) is -0.473. The Morgan fingerprint density at radius 3 is 2.24 bits per heavy atom. The van der Waals surface area contributed by atoms with E-state index in [1.165, 1.54) is 12.1 Å². The van der Waals surface area contributed by atoms with Gasteiger partial charge in [0.25, 0.3) is 0 Å². The van der Waals surface area contributed by atoms with Crippen LogP contribution in [-0.4, -0.2) is 23.8 Å². The third kappa shape index (κ3) is 3.71. The Kier molecular flexibility index (Phi) is 5.12. The molecule has 0 aliphatic carbocycles. The van der Waals surface area contributed by atoms with Crippen molar-refractivity contribution in [2.75, 3.05) is 7.11 Å². The average Bonchev–Trinajstić information content (AvgIpc) is 2.93. The fraction of sp³-hybridized carbons (Fsp3) is 0.111. The van der Waals surface area contributed by atoms with E-state index < -0.39 is 44.7 Å². The second-order valence-electron chi connectivity index (χ2n) is 5.18. The van der Waals surface area contributed by atoms with Crippen molar-refractivity contribution in [2.24, 2.45) is 0 Å². The van der Waals surface area contributed by atoms with Gasteiger partial charge in [0.1, 0.15) is 0 Å². The number of carbonyl (C=O) groups excluding carboxylic acids is 2. The number of amides is 2. The van der Waals surface area contributed by atoms with Gasteiger partial charge in [-0.1, -0.05) is 0 Å². The van der Waals surface area contributed by atoms with Crippen LogP contribution in [0, 0.1) is 18.8 Å². The number of ether oxygens (including phenoxy) is 1. The number of methoxy groups -OCH3 is 1. The van der Waals surface area contributed by atoms with Crippen molar-refractivity contribution >= 4 is 11.8 Å². The van der Waals surface area contributed by atoms with Crippen LogP contribution in [0.25, 0.3) is 0 Å². The first kappa shape index (κ1) is 17.5. The molecule has 0 aromatic heterocycles. The van der Waals surface area contributed by atoms with Crippen molar-refractivity contribution in [2.45, 2.75) is 6.54 Å². The van der Waals surface area contributed by atoms with Crippen LogP contribution in [0.4, 0.5) is 8.78 Å². The molecule has 0 atom stereocenters. The summed E-state index contributed by atoms with van der Waals surface area (Å²) >= 11 is -1.10. The molecule has 0 saturated heterocycles. The number of benzene rings is 2. The van der Waals surface area contributed by atoms with Crippen molar-refractivity contribution in [3.8, 4) is 5.75 Å². The first-order valence-corrected chi connectivity index (χ1v) is 9.44. The quantitative estimate of drug-likeness (QED) is 0.348. The molecular formula is C18H13F2INO3-. The molecule has 0 fully saturated rings. The van der Waals surface area contributed by atoms with Gasteiger partial charge >= 0.3 is 153 Å². The molecule has 0 N–H and O–H groups in total. The van der Waals surface area contributed by atoms with E-state index in [4.69, 9.17) is 4.74 Å². The monoisotopic (exact) mass is 456 g/mol. The molecule has 0 bridgehead atoms. The van der Waals surface area contributed by atoms with Gasteiger partial charge in [0, 0.05) is 0 Å². The Hall–Kier alpha value is -2.29. The summed E-state index contributed by atoms with van der Waals surface area (Å²) in [6.45, 7) is -0.212. The SMILES string of the molecule is COc1ccc([I-]c2c(F)ccc(CN3C(=O)C=CC3=O)c2F)cc1. The van der Waals surface area contributed by atoms with Crippen LogP contribution >= 0.6 is 0 Å². The van der Waals surface area contributed by atoms with Gasteiger partial charge in [-0.25, -0.2) is 0 Å². The Labute approximate surface area is 153 Å². The van der Waals surface area contributed by atoms with E-state index in [1.807, 2.05) is 0 Å². The number of carbonyl (C=O) groups is 2. The average molecular weight is 456 g/mol. The van der Waals surface area contributed by atoms with Gasteiger partial charge in [-0.15, -0.1) is 0 Å². The van der Waals surface area contributed by atoms with Gasteiger partial charge < -0.3 is 0 Å². The molecule has 7 heteroatoms. The Bertz CT molecular complexity index is 847. The third-order valence-corrected chi connectivity index (χ3v) is 6.47. The maximum atomic E-state index is 14.8. The molecule has 2 amide bonds. The van der Waals surface area contributed by atoms with Crippen LogP contribution in [0.3, 0.4) is 0 Å². The fourth-order valence-electron chi connectivity index (χ4n) is 2.27. The minimum atomic E-state index is -1.10. The van der Waals surface area contributed by atoms with E-state index in [9.17, 15) is 18.4 Å². The molecule has 2 aromatic carbocycles. The standard InChI is InChI=1S/C18H13F2INO3/c1-25-13-5-3-12(4-6-13)21-18-14(19)7-2-11(17(18)20)10-22-15(23)8-9-16(22)24/h2-9H,10H2,1H3/q-1. The first-order chi connectivity index (χ1) is 12.0. The summed E-state index contributed by atoms with van der Waals surface area (Å²) in [6.07, 6.45) is 2.27. The van der Waals surface area contributed by atoms with Crippen LogP contribution in [-0.2, 0) is 16.1 Å². The Morgan fingerprint density at radius 2 is 1.64 bits per heavy atom. The van der Waals surface area contributed by atoms with E-state index in [2.05, 4.69) is 0 Å². The third-order valence-electron chi connectivity index (χ3n) is 3.60. The van der Waals surface area contributed by atoms with Gasteiger partial charge in [0.2, 0.25) is 0 Å². The summed E-state index contributed by atoms with van der Waals surface area (Å²) in [5.41, 5.74) is 0.120. The molecule has 4 nitrogen and oxygen atoms in total. The summed E-state index contributed by atoms with van der Waals surface area (Å²) < 4.78 is 34.8. The fourth-order valence-corrected chi connectivity index (χ4v) is 4.64. The van der Waals surface area contributed by atoms with Crippen LogP contribution < -0.4 is 25.9 Å². The summed E-state index contributed by atoms with van der Waals surface area (Å²) in [7, 11) is 1.54. The zero-order valence-corrected chi connectivity index (χ0v) is 15.3. The van der Waals surface area contributed by atoms with E-state index >= 15 is 0 Å². The summed E-state index contributed by atoms with van der Waals surface area (Å²) in [6, 6.07) is 9.47. The Balaban J connectivity index is 1.86. The van der Waals surface area contributed by atoms with Crippen LogP contribution in [0.15, 0.2) is 48.6 Å². The van der Waals surface area contributed by atoms with Crippen LogP contribution in [0.5, 0.6) is 5.75 Å². The van der Waals surface area contributed by atoms with Crippen molar-refractivity contribution in [1.29, 1.82) is 0 Å². The van der Waals surface area contributed by atoms with E-state index in [0.717, 1.165) is 20.6 Å². The zero-order chi connectivity index (χ0) is 18.0. The van der Waals surface area contributed by atoms with E-state index in [-0.39, 0.29) is 15.7 Å².